The number of hydrogen-bond donors (Lipinski definition) is 1. The fourth-order valence-electron chi connectivity index (χ4n) is 4.62. The summed E-state index contributed by atoms with van der Waals surface area (Å²) in [4.78, 5) is 1.05. The highest BCUT2D eigenvalue weighted by Gasteiger charge is 2.48. The van der Waals surface area contributed by atoms with Crippen LogP contribution in [0.5, 0.6) is 0 Å². The molecule has 0 bridgehead atoms. The van der Waals surface area contributed by atoms with Crippen LogP contribution in [0.3, 0.4) is 0 Å². The Morgan fingerprint density at radius 2 is 0.949 bits per heavy atom. The molecule has 1 aliphatic rings. The molecule has 5 atom stereocenters. The molecule has 6 heteroatoms. The van der Waals surface area contributed by atoms with Crippen molar-refractivity contribution in [2.75, 3.05) is 6.61 Å². The lowest BCUT2D eigenvalue weighted by atomic mass is 9.99. The third-order valence-electron chi connectivity index (χ3n) is 6.62. The summed E-state index contributed by atoms with van der Waals surface area (Å²) < 4.78 is 26.2. The zero-order valence-corrected chi connectivity index (χ0v) is 22.6. The fraction of sp³-hybridized carbons (Fsp3) is 0.273. The molecule has 1 N–H and O–H groups in total. The number of thioether (sulfide) groups is 1. The third kappa shape index (κ3) is 7.79. The minimum Gasteiger partial charge on any atom is -0.394 e. The summed E-state index contributed by atoms with van der Waals surface area (Å²) in [5.41, 5.74) is 2.75. The molecule has 0 aliphatic carbocycles. The summed E-state index contributed by atoms with van der Waals surface area (Å²) >= 11 is 1.57. The van der Waals surface area contributed by atoms with E-state index in [1.165, 1.54) is 0 Å². The van der Waals surface area contributed by atoms with Crippen LogP contribution in [0.25, 0.3) is 0 Å². The van der Waals surface area contributed by atoms with Crippen molar-refractivity contribution in [2.45, 2.75) is 54.6 Å². The summed E-state index contributed by atoms with van der Waals surface area (Å²) in [6, 6.07) is 40.3. The predicted octanol–water partition coefficient (Wildman–Crippen LogP) is 6.25. The monoisotopic (exact) mass is 542 g/mol. The first kappa shape index (κ1) is 27.6. The van der Waals surface area contributed by atoms with Crippen molar-refractivity contribution in [2.24, 2.45) is 0 Å². The van der Waals surface area contributed by atoms with Gasteiger partial charge in [-0.1, -0.05) is 121 Å². The van der Waals surface area contributed by atoms with Crippen LogP contribution in [0.15, 0.2) is 126 Å². The lowest BCUT2D eigenvalue weighted by Crippen LogP contribution is -2.60. The number of hydrogen-bond acceptors (Lipinski definition) is 6. The van der Waals surface area contributed by atoms with Gasteiger partial charge in [0.1, 0.15) is 29.9 Å². The van der Waals surface area contributed by atoms with Gasteiger partial charge in [-0.25, -0.2) is 0 Å². The highest BCUT2D eigenvalue weighted by Crippen LogP contribution is 2.38. The van der Waals surface area contributed by atoms with E-state index >= 15 is 0 Å². The molecule has 4 aromatic rings. The van der Waals surface area contributed by atoms with E-state index in [4.69, 9.17) is 18.9 Å². The van der Waals surface area contributed by atoms with Crippen LogP contribution < -0.4 is 0 Å². The fourth-order valence-corrected chi connectivity index (χ4v) is 5.77. The van der Waals surface area contributed by atoms with Crippen LogP contribution in [0, 0.1) is 0 Å². The van der Waals surface area contributed by atoms with Crippen LogP contribution in [0.4, 0.5) is 0 Å². The first-order chi connectivity index (χ1) is 19.3. The second-order valence-corrected chi connectivity index (χ2v) is 10.6. The molecule has 202 valence electrons. The zero-order chi connectivity index (χ0) is 26.7. The summed E-state index contributed by atoms with van der Waals surface area (Å²) in [6.07, 6.45) is -2.05. The molecule has 1 fully saturated rings. The Bertz CT molecular complexity index is 1230. The average molecular weight is 543 g/mol. The van der Waals surface area contributed by atoms with Crippen molar-refractivity contribution in [1.29, 1.82) is 0 Å². The largest absolute Gasteiger partial charge is 0.394 e. The molecular formula is C33H34O5S. The lowest BCUT2D eigenvalue weighted by Gasteiger charge is -2.45. The van der Waals surface area contributed by atoms with Crippen molar-refractivity contribution in [1.82, 2.24) is 0 Å². The second-order valence-electron chi connectivity index (χ2n) is 9.44. The second kappa shape index (κ2) is 14.4. The van der Waals surface area contributed by atoms with Gasteiger partial charge in [0.05, 0.1) is 26.4 Å². The van der Waals surface area contributed by atoms with Crippen molar-refractivity contribution >= 4 is 11.8 Å². The van der Waals surface area contributed by atoms with Gasteiger partial charge in [-0.15, -0.1) is 0 Å². The van der Waals surface area contributed by atoms with Crippen molar-refractivity contribution in [3.8, 4) is 0 Å². The molecule has 4 aromatic carbocycles. The standard InChI is InChI=1S/C33H34O5S/c34-21-29-30(35-22-25-13-5-1-6-14-25)31(36-23-26-15-7-2-8-16-26)32(37-24-27-17-9-3-10-18-27)33(38-29)39-28-19-11-4-12-20-28/h1-20,29-34H,21-24H2/t29?,30-,31?,32?,33+/m1/s1. The molecule has 0 amide bonds. The Labute approximate surface area is 234 Å². The first-order valence-electron chi connectivity index (χ1n) is 13.2. The Balaban J connectivity index is 1.44. The van der Waals surface area contributed by atoms with Crippen molar-refractivity contribution in [3.63, 3.8) is 0 Å². The maximum absolute atomic E-state index is 10.4. The Hall–Kier alpha value is -2.97. The van der Waals surface area contributed by atoms with Gasteiger partial charge in [0.25, 0.3) is 0 Å². The number of rotatable bonds is 12. The van der Waals surface area contributed by atoms with Gasteiger partial charge in [-0.2, -0.15) is 0 Å². The molecule has 1 saturated heterocycles. The minimum absolute atomic E-state index is 0.193. The number of ether oxygens (including phenoxy) is 4. The molecule has 39 heavy (non-hydrogen) atoms. The molecule has 5 nitrogen and oxygen atoms in total. The molecule has 0 radical (unpaired) electrons. The average Bonchev–Trinajstić information content (AvgIpc) is 3.00. The Morgan fingerprint density at radius 3 is 1.41 bits per heavy atom. The minimum atomic E-state index is -0.577. The quantitative estimate of drug-likeness (QED) is 0.228. The van der Waals surface area contributed by atoms with E-state index in [-0.39, 0.29) is 6.61 Å². The van der Waals surface area contributed by atoms with Crippen LogP contribution >= 0.6 is 11.8 Å². The van der Waals surface area contributed by atoms with Crippen molar-refractivity contribution in [3.05, 3.63) is 138 Å². The van der Waals surface area contributed by atoms with Crippen molar-refractivity contribution < 1.29 is 24.1 Å². The first-order valence-corrected chi connectivity index (χ1v) is 14.1. The van der Waals surface area contributed by atoms with E-state index in [0.29, 0.717) is 19.8 Å². The van der Waals surface area contributed by atoms with Crippen LogP contribution in [0.2, 0.25) is 0 Å². The zero-order valence-electron chi connectivity index (χ0n) is 21.8. The van der Waals surface area contributed by atoms with E-state index < -0.39 is 29.9 Å². The maximum Gasteiger partial charge on any atom is 0.137 e. The number of aliphatic hydroxyl groups excluding tert-OH is 1. The van der Waals surface area contributed by atoms with Gasteiger partial charge < -0.3 is 24.1 Å². The van der Waals surface area contributed by atoms with Gasteiger partial charge in [0, 0.05) is 4.90 Å². The van der Waals surface area contributed by atoms with Gasteiger partial charge in [0.15, 0.2) is 0 Å². The normalized spacial score (nSPS) is 22.9. The van der Waals surface area contributed by atoms with Gasteiger partial charge in [0.2, 0.25) is 0 Å². The SMILES string of the molecule is OCC1O[C@@H](Sc2ccccc2)C(OCc2ccccc2)C(OCc2ccccc2)[C@@H]1OCc1ccccc1. The van der Waals surface area contributed by atoms with E-state index in [9.17, 15) is 5.11 Å². The van der Waals surface area contributed by atoms with Crippen LogP contribution in [-0.2, 0) is 38.8 Å². The molecular weight excluding hydrogens is 508 g/mol. The molecule has 0 spiro atoms. The molecule has 0 aromatic heterocycles. The highest BCUT2D eigenvalue weighted by atomic mass is 32.2. The third-order valence-corrected chi connectivity index (χ3v) is 7.78. The van der Waals surface area contributed by atoms with E-state index in [0.717, 1.165) is 21.6 Å². The molecule has 1 heterocycles. The van der Waals surface area contributed by atoms with E-state index in [1.807, 2.05) is 121 Å². The smallest absolute Gasteiger partial charge is 0.137 e. The summed E-state index contributed by atoms with van der Waals surface area (Å²) in [5, 5.41) is 10.4. The van der Waals surface area contributed by atoms with E-state index in [1.54, 1.807) is 11.8 Å². The Kier molecular flexibility index (Phi) is 10.2. The maximum atomic E-state index is 10.4. The topological polar surface area (TPSA) is 57.2 Å². The summed E-state index contributed by atoms with van der Waals surface area (Å²) in [7, 11) is 0. The van der Waals surface area contributed by atoms with Gasteiger partial charge in [-0.3, -0.25) is 0 Å². The Morgan fingerprint density at radius 1 is 0.538 bits per heavy atom. The number of benzene rings is 4. The number of aliphatic hydroxyl groups is 1. The van der Waals surface area contributed by atoms with Gasteiger partial charge >= 0.3 is 0 Å². The summed E-state index contributed by atoms with van der Waals surface area (Å²) in [5.74, 6) is 0. The van der Waals surface area contributed by atoms with E-state index in [2.05, 4.69) is 0 Å². The predicted molar refractivity (Wildman–Crippen MR) is 153 cm³/mol. The molecule has 1 aliphatic heterocycles. The summed E-state index contributed by atoms with van der Waals surface area (Å²) in [6.45, 7) is 0.976. The molecule has 3 unspecified atom stereocenters. The molecule has 5 rings (SSSR count). The van der Waals surface area contributed by atoms with Crippen LogP contribution in [0.1, 0.15) is 16.7 Å². The van der Waals surface area contributed by atoms with Crippen LogP contribution in [-0.4, -0.2) is 41.6 Å². The van der Waals surface area contributed by atoms with Gasteiger partial charge in [-0.05, 0) is 28.8 Å². The lowest BCUT2D eigenvalue weighted by molar-refractivity contribution is -0.251. The highest BCUT2D eigenvalue weighted by molar-refractivity contribution is 7.99. The molecule has 0 saturated carbocycles.